The highest BCUT2D eigenvalue weighted by molar-refractivity contribution is 7.80. The van der Waals surface area contributed by atoms with E-state index >= 15 is 0 Å². The molecule has 0 aliphatic carbocycles. The molecule has 0 saturated carbocycles. The third kappa shape index (κ3) is 4.00. The number of aromatic nitrogens is 1. The van der Waals surface area contributed by atoms with Gasteiger partial charge in [-0.1, -0.05) is 24.4 Å². The van der Waals surface area contributed by atoms with Crippen molar-refractivity contribution in [2.75, 3.05) is 12.4 Å². The van der Waals surface area contributed by atoms with E-state index in [9.17, 15) is 4.79 Å². The first kappa shape index (κ1) is 14.9. The van der Waals surface area contributed by atoms with Crippen LogP contribution in [0.1, 0.15) is 15.9 Å². The summed E-state index contributed by atoms with van der Waals surface area (Å²) in [5.74, 6) is 0.177. The van der Waals surface area contributed by atoms with E-state index in [1.807, 2.05) is 12.1 Å². The summed E-state index contributed by atoms with van der Waals surface area (Å²) in [7, 11) is 1.50. The van der Waals surface area contributed by atoms with Crippen molar-refractivity contribution < 1.29 is 9.53 Å². The van der Waals surface area contributed by atoms with Gasteiger partial charge >= 0.3 is 0 Å². The van der Waals surface area contributed by atoms with Gasteiger partial charge in [-0.3, -0.25) is 9.78 Å². The van der Waals surface area contributed by atoms with Crippen LogP contribution in [0.3, 0.4) is 0 Å². The van der Waals surface area contributed by atoms with Crippen molar-refractivity contribution in [3.05, 3.63) is 53.9 Å². The van der Waals surface area contributed by atoms with Crippen molar-refractivity contribution in [1.29, 1.82) is 0 Å². The van der Waals surface area contributed by atoms with E-state index in [1.54, 1.807) is 24.4 Å². The summed E-state index contributed by atoms with van der Waals surface area (Å²) >= 11 is 4.86. The van der Waals surface area contributed by atoms with Crippen LogP contribution in [0.4, 0.5) is 5.69 Å². The molecular weight excluding hydrogens is 286 g/mol. The molecule has 1 amide bonds. The molecule has 0 spiro atoms. The van der Waals surface area contributed by atoms with Crippen LogP contribution in [-0.2, 0) is 6.42 Å². The Hall–Kier alpha value is -2.47. The summed E-state index contributed by atoms with van der Waals surface area (Å²) in [6, 6.07) is 8.96. The zero-order valence-corrected chi connectivity index (χ0v) is 12.3. The molecule has 21 heavy (non-hydrogen) atoms. The molecule has 0 aliphatic heterocycles. The molecule has 0 unspecified atom stereocenters. The first-order chi connectivity index (χ1) is 10.1. The van der Waals surface area contributed by atoms with Gasteiger partial charge in [0.1, 0.15) is 5.75 Å². The molecule has 3 N–H and O–H groups in total. The number of benzene rings is 1. The highest BCUT2D eigenvalue weighted by Gasteiger charge is 2.12. The number of nitrogens with one attached hydrogen (secondary N) is 1. The van der Waals surface area contributed by atoms with Crippen molar-refractivity contribution in [1.82, 2.24) is 4.98 Å². The Kier molecular flexibility index (Phi) is 4.84. The molecule has 2 rings (SSSR count). The molecule has 1 aromatic heterocycles. The van der Waals surface area contributed by atoms with E-state index in [4.69, 9.17) is 22.7 Å². The molecule has 0 fully saturated rings. The number of nitrogens with zero attached hydrogens (tertiary/aromatic N) is 1. The van der Waals surface area contributed by atoms with Crippen LogP contribution in [0.2, 0.25) is 0 Å². The van der Waals surface area contributed by atoms with Crippen LogP contribution >= 0.6 is 12.2 Å². The standard InChI is InChI=1S/C15H15N3O2S/c1-20-13-9-17-7-6-12(13)15(19)18-11-4-2-10(3-5-11)8-14(16)21/h2-7,9H,8H2,1H3,(H2,16,21)(H,18,19). The Morgan fingerprint density at radius 2 is 2.05 bits per heavy atom. The quantitative estimate of drug-likeness (QED) is 0.828. The molecule has 0 aliphatic rings. The van der Waals surface area contributed by atoms with E-state index in [0.29, 0.717) is 28.4 Å². The summed E-state index contributed by atoms with van der Waals surface area (Å²) in [5.41, 5.74) is 7.61. The molecular formula is C15H15N3O2S. The van der Waals surface area contributed by atoms with Crippen molar-refractivity contribution >= 4 is 28.8 Å². The maximum Gasteiger partial charge on any atom is 0.259 e. The second kappa shape index (κ2) is 6.81. The van der Waals surface area contributed by atoms with Gasteiger partial charge in [0.05, 0.1) is 23.9 Å². The van der Waals surface area contributed by atoms with Gasteiger partial charge < -0.3 is 15.8 Å². The Labute approximate surface area is 128 Å². The van der Waals surface area contributed by atoms with Crippen molar-refractivity contribution in [3.8, 4) is 5.75 Å². The number of pyridine rings is 1. The Bertz CT molecular complexity index is 656. The van der Waals surface area contributed by atoms with Crippen LogP contribution < -0.4 is 15.8 Å². The molecule has 5 nitrogen and oxygen atoms in total. The fraction of sp³-hybridized carbons (Fsp3) is 0.133. The monoisotopic (exact) mass is 301 g/mol. The van der Waals surface area contributed by atoms with Crippen molar-refractivity contribution in [2.45, 2.75) is 6.42 Å². The van der Waals surface area contributed by atoms with Gasteiger partial charge in [-0.05, 0) is 23.8 Å². The number of methoxy groups -OCH3 is 1. The largest absolute Gasteiger partial charge is 0.494 e. The number of amides is 1. The predicted octanol–water partition coefficient (Wildman–Crippen LogP) is 2.17. The SMILES string of the molecule is COc1cnccc1C(=O)Nc1ccc(CC(N)=S)cc1. The maximum absolute atomic E-state index is 12.2. The van der Waals surface area contributed by atoms with Gasteiger partial charge in [0.15, 0.2) is 0 Å². The van der Waals surface area contributed by atoms with Crippen LogP contribution in [0.25, 0.3) is 0 Å². The number of rotatable bonds is 5. The number of hydrogen-bond donors (Lipinski definition) is 2. The zero-order valence-electron chi connectivity index (χ0n) is 11.5. The fourth-order valence-corrected chi connectivity index (χ4v) is 2.00. The highest BCUT2D eigenvalue weighted by Crippen LogP contribution is 2.18. The fourth-order valence-electron chi connectivity index (χ4n) is 1.84. The van der Waals surface area contributed by atoms with Crippen LogP contribution in [0, 0.1) is 0 Å². The molecule has 2 aromatic rings. The van der Waals surface area contributed by atoms with Gasteiger partial charge in [0, 0.05) is 18.3 Å². The second-order valence-corrected chi connectivity index (χ2v) is 4.89. The second-order valence-electron chi connectivity index (χ2n) is 4.37. The number of hydrogen-bond acceptors (Lipinski definition) is 4. The van der Waals surface area contributed by atoms with Crippen LogP contribution in [0.15, 0.2) is 42.7 Å². The van der Waals surface area contributed by atoms with Gasteiger partial charge in [0.25, 0.3) is 5.91 Å². The topological polar surface area (TPSA) is 77.2 Å². The van der Waals surface area contributed by atoms with E-state index in [1.165, 1.54) is 13.3 Å². The minimum atomic E-state index is -0.253. The minimum Gasteiger partial charge on any atom is -0.494 e. The van der Waals surface area contributed by atoms with Crippen LogP contribution in [0.5, 0.6) is 5.75 Å². The lowest BCUT2D eigenvalue weighted by atomic mass is 10.1. The third-order valence-electron chi connectivity index (χ3n) is 2.84. The number of nitrogens with two attached hydrogens (primary N) is 1. The number of thiocarbonyl (C=S) groups is 1. The van der Waals surface area contributed by atoms with E-state index in [2.05, 4.69) is 10.3 Å². The normalized spacial score (nSPS) is 9.95. The molecule has 0 radical (unpaired) electrons. The number of anilines is 1. The lowest BCUT2D eigenvalue weighted by molar-refractivity contribution is 0.102. The number of ether oxygens (including phenoxy) is 1. The highest BCUT2D eigenvalue weighted by atomic mass is 32.1. The average molecular weight is 301 g/mol. The summed E-state index contributed by atoms with van der Waals surface area (Å²) < 4.78 is 5.12. The summed E-state index contributed by atoms with van der Waals surface area (Å²) in [6.45, 7) is 0. The van der Waals surface area contributed by atoms with Gasteiger partial charge in [-0.2, -0.15) is 0 Å². The van der Waals surface area contributed by atoms with E-state index in [0.717, 1.165) is 5.56 Å². The Morgan fingerprint density at radius 1 is 1.33 bits per heavy atom. The average Bonchev–Trinajstić information content (AvgIpc) is 2.48. The molecule has 1 heterocycles. The first-order valence-electron chi connectivity index (χ1n) is 6.26. The lowest BCUT2D eigenvalue weighted by Crippen LogP contribution is -2.14. The summed E-state index contributed by atoms with van der Waals surface area (Å²) in [6.07, 6.45) is 3.59. The summed E-state index contributed by atoms with van der Waals surface area (Å²) in [5, 5.41) is 2.80. The van der Waals surface area contributed by atoms with E-state index in [-0.39, 0.29) is 5.91 Å². The first-order valence-corrected chi connectivity index (χ1v) is 6.67. The molecule has 0 bridgehead atoms. The molecule has 6 heteroatoms. The van der Waals surface area contributed by atoms with Crippen molar-refractivity contribution in [2.24, 2.45) is 5.73 Å². The Balaban J connectivity index is 2.10. The molecule has 0 atom stereocenters. The smallest absolute Gasteiger partial charge is 0.259 e. The molecule has 1 aromatic carbocycles. The van der Waals surface area contributed by atoms with E-state index < -0.39 is 0 Å². The third-order valence-corrected chi connectivity index (χ3v) is 2.98. The molecule has 108 valence electrons. The van der Waals surface area contributed by atoms with Crippen molar-refractivity contribution in [3.63, 3.8) is 0 Å². The van der Waals surface area contributed by atoms with Crippen LogP contribution in [-0.4, -0.2) is 23.0 Å². The minimum absolute atomic E-state index is 0.253. The predicted molar refractivity (Wildman–Crippen MR) is 85.7 cm³/mol. The number of carbonyl (C=O) groups excluding carboxylic acids is 1. The lowest BCUT2D eigenvalue weighted by Gasteiger charge is -2.09. The number of carbonyl (C=O) groups is 1. The zero-order chi connectivity index (χ0) is 15.2. The molecule has 0 saturated heterocycles. The summed E-state index contributed by atoms with van der Waals surface area (Å²) in [4.78, 5) is 16.6. The van der Waals surface area contributed by atoms with Gasteiger partial charge in [-0.25, -0.2) is 0 Å². The van der Waals surface area contributed by atoms with Gasteiger partial charge in [-0.15, -0.1) is 0 Å². The van der Waals surface area contributed by atoms with Gasteiger partial charge in [0.2, 0.25) is 0 Å². The Morgan fingerprint density at radius 3 is 2.67 bits per heavy atom. The maximum atomic E-state index is 12.2.